The number of carbonyl (C=O) groups excluding carboxylic acids is 1. The minimum Gasteiger partial charge on any atom is -0.353 e. The number of hydrogen-bond acceptors (Lipinski definition) is 5. The molecule has 0 saturated heterocycles. The van der Waals surface area contributed by atoms with Gasteiger partial charge >= 0.3 is 0 Å². The van der Waals surface area contributed by atoms with E-state index in [1.165, 1.54) is 11.8 Å². The quantitative estimate of drug-likeness (QED) is 0.274. The first-order chi connectivity index (χ1) is 19.0. The predicted molar refractivity (Wildman–Crippen MR) is 161 cm³/mol. The molecule has 8 nitrogen and oxygen atoms in total. The minimum absolute atomic E-state index is 0.0651. The standard InChI is InChI=1S/C31H41N5O3S/c1-20(2)28-29(24-19-36(17-18-40(5,38)39)31-23(24)7-6-16-32-31)34-26-14-13-25(33-30(26)28)22-11-8-21(9-12-22)10-15-27(37)35(3)4/h6-7,13-14,16,19-22,34H,8-12,15,17-18H2,1-5H3. The Hall–Kier alpha value is -3.20. The first-order valence-electron chi connectivity index (χ1n) is 14.4. The smallest absolute Gasteiger partial charge is 0.222 e. The average molecular weight is 564 g/mol. The first-order valence-corrected chi connectivity index (χ1v) is 16.4. The fourth-order valence-electron chi connectivity index (χ4n) is 6.16. The van der Waals surface area contributed by atoms with Crippen molar-refractivity contribution in [3.8, 4) is 11.3 Å². The van der Waals surface area contributed by atoms with E-state index in [9.17, 15) is 13.2 Å². The van der Waals surface area contributed by atoms with Crippen LogP contribution in [-0.2, 0) is 21.2 Å². The third-order valence-electron chi connectivity index (χ3n) is 8.41. The number of nitrogens with zero attached hydrogens (tertiary/aromatic N) is 4. The van der Waals surface area contributed by atoms with Crippen LogP contribution in [0.2, 0.25) is 0 Å². The van der Waals surface area contributed by atoms with E-state index in [1.54, 1.807) is 11.1 Å². The fourth-order valence-corrected chi connectivity index (χ4v) is 6.69. The van der Waals surface area contributed by atoms with E-state index in [0.717, 1.165) is 71.1 Å². The Morgan fingerprint density at radius 2 is 1.90 bits per heavy atom. The summed E-state index contributed by atoms with van der Waals surface area (Å²) < 4.78 is 25.7. The summed E-state index contributed by atoms with van der Waals surface area (Å²) in [6, 6.07) is 8.31. The van der Waals surface area contributed by atoms with Crippen molar-refractivity contribution in [1.82, 2.24) is 24.4 Å². The maximum absolute atomic E-state index is 12.0. The molecule has 40 heavy (non-hydrogen) atoms. The van der Waals surface area contributed by atoms with Gasteiger partial charge in [-0.15, -0.1) is 0 Å². The van der Waals surface area contributed by atoms with Crippen molar-refractivity contribution < 1.29 is 13.2 Å². The number of rotatable bonds is 9. The van der Waals surface area contributed by atoms with Crippen molar-refractivity contribution in [2.45, 2.75) is 70.8 Å². The lowest BCUT2D eigenvalue weighted by Crippen LogP contribution is -2.23. The lowest BCUT2D eigenvalue weighted by Gasteiger charge is -2.28. The highest BCUT2D eigenvalue weighted by molar-refractivity contribution is 7.90. The molecular weight excluding hydrogens is 522 g/mol. The Kier molecular flexibility index (Phi) is 8.04. The summed E-state index contributed by atoms with van der Waals surface area (Å²) in [7, 11) is 0.551. The second kappa shape index (κ2) is 11.4. The van der Waals surface area contributed by atoms with E-state index in [0.29, 0.717) is 24.8 Å². The Morgan fingerprint density at radius 3 is 2.58 bits per heavy atom. The second-order valence-electron chi connectivity index (χ2n) is 12.0. The maximum Gasteiger partial charge on any atom is 0.222 e. The zero-order valence-electron chi connectivity index (χ0n) is 24.3. The number of fused-ring (bicyclic) bond motifs is 2. The van der Waals surface area contributed by atoms with E-state index in [4.69, 9.17) is 4.98 Å². The van der Waals surface area contributed by atoms with Crippen LogP contribution in [0.3, 0.4) is 0 Å². The van der Waals surface area contributed by atoms with E-state index < -0.39 is 9.84 Å². The molecule has 0 bridgehead atoms. The molecule has 0 spiro atoms. The normalized spacial score (nSPS) is 18.1. The number of aromatic amines is 1. The summed E-state index contributed by atoms with van der Waals surface area (Å²) in [6.45, 7) is 4.75. The Balaban J connectivity index is 1.44. The highest BCUT2D eigenvalue weighted by atomic mass is 32.2. The van der Waals surface area contributed by atoms with Crippen LogP contribution in [0.5, 0.6) is 0 Å². The van der Waals surface area contributed by atoms with Crippen LogP contribution < -0.4 is 0 Å². The number of aryl methyl sites for hydroxylation is 1. The van der Waals surface area contributed by atoms with Gasteiger partial charge in [0.2, 0.25) is 5.91 Å². The van der Waals surface area contributed by atoms with Gasteiger partial charge in [0.15, 0.2) is 0 Å². The summed E-state index contributed by atoms with van der Waals surface area (Å²) >= 11 is 0. The largest absolute Gasteiger partial charge is 0.353 e. The number of carbonyl (C=O) groups is 1. The molecule has 1 aliphatic carbocycles. The molecule has 0 aromatic carbocycles. The van der Waals surface area contributed by atoms with Gasteiger partial charge in [0.25, 0.3) is 0 Å². The molecule has 0 atom stereocenters. The number of pyridine rings is 2. The zero-order valence-corrected chi connectivity index (χ0v) is 25.1. The van der Waals surface area contributed by atoms with Gasteiger partial charge in [0.1, 0.15) is 15.5 Å². The van der Waals surface area contributed by atoms with E-state index in [2.05, 4.69) is 35.9 Å². The van der Waals surface area contributed by atoms with Crippen LogP contribution in [0.15, 0.2) is 36.7 Å². The van der Waals surface area contributed by atoms with Gasteiger partial charge in [-0.1, -0.05) is 13.8 Å². The maximum atomic E-state index is 12.0. The van der Waals surface area contributed by atoms with E-state index in [-0.39, 0.29) is 17.6 Å². The summed E-state index contributed by atoms with van der Waals surface area (Å²) in [4.78, 5) is 27.2. The number of H-pyrrole nitrogens is 1. The third-order valence-corrected chi connectivity index (χ3v) is 9.34. The van der Waals surface area contributed by atoms with Crippen molar-refractivity contribution in [2.24, 2.45) is 5.92 Å². The van der Waals surface area contributed by atoms with E-state index in [1.807, 2.05) is 37.0 Å². The van der Waals surface area contributed by atoms with Gasteiger partial charge in [-0.05, 0) is 68.2 Å². The SMILES string of the molecule is CC(C)c1c(-c2cn(CCS(C)(=O)=O)c3ncccc23)[nH]c2ccc(C3CCC(CCC(=O)N(C)C)CC3)nc12. The minimum atomic E-state index is -3.10. The number of aromatic nitrogens is 4. The highest BCUT2D eigenvalue weighted by Gasteiger charge is 2.26. The monoisotopic (exact) mass is 563 g/mol. The number of nitrogens with one attached hydrogen (secondary N) is 1. The molecule has 1 aliphatic rings. The Labute approximate surface area is 237 Å². The fraction of sp³-hybridized carbons (Fsp3) is 0.516. The van der Waals surface area contributed by atoms with Crippen molar-refractivity contribution in [3.63, 3.8) is 0 Å². The summed E-state index contributed by atoms with van der Waals surface area (Å²) in [5.74, 6) is 1.57. The summed E-state index contributed by atoms with van der Waals surface area (Å²) in [5.41, 5.74) is 7.19. The first kappa shape index (κ1) is 28.3. The predicted octanol–water partition coefficient (Wildman–Crippen LogP) is 5.89. The van der Waals surface area contributed by atoms with Crippen molar-refractivity contribution >= 4 is 37.8 Å². The number of sulfone groups is 1. The summed E-state index contributed by atoms with van der Waals surface area (Å²) in [6.07, 6.45) is 11.1. The number of hydrogen-bond donors (Lipinski definition) is 1. The van der Waals surface area contributed by atoms with Gasteiger partial charge in [-0.2, -0.15) is 0 Å². The lowest BCUT2D eigenvalue weighted by molar-refractivity contribution is -0.129. The lowest BCUT2D eigenvalue weighted by atomic mass is 9.78. The molecule has 5 rings (SSSR count). The van der Waals surface area contributed by atoms with Gasteiger partial charge < -0.3 is 14.5 Å². The number of amides is 1. The summed E-state index contributed by atoms with van der Waals surface area (Å²) in [5, 5.41) is 0.996. The van der Waals surface area contributed by atoms with Crippen LogP contribution in [-0.4, -0.2) is 64.8 Å². The molecule has 214 valence electrons. The average Bonchev–Trinajstić information content (AvgIpc) is 3.48. The molecule has 0 unspecified atom stereocenters. The molecule has 9 heteroatoms. The second-order valence-corrected chi connectivity index (χ2v) is 14.2. The van der Waals surface area contributed by atoms with Crippen LogP contribution >= 0.6 is 0 Å². The molecule has 0 radical (unpaired) electrons. The topological polar surface area (TPSA) is 101 Å². The van der Waals surface area contributed by atoms with Gasteiger partial charge in [-0.3, -0.25) is 9.78 Å². The molecule has 1 saturated carbocycles. The molecule has 1 N–H and O–H groups in total. The Bertz CT molecular complexity index is 1630. The van der Waals surface area contributed by atoms with Crippen LogP contribution in [0.4, 0.5) is 0 Å². The molecule has 4 heterocycles. The third kappa shape index (κ3) is 5.94. The zero-order chi connectivity index (χ0) is 28.6. The molecule has 0 aliphatic heterocycles. The van der Waals surface area contributed by atoms with Crippen LogP contribution in [0, 0.1) is 5.92 Å². The van der Waals surface area contributed by atoms with Crippen molar-refractivity contribution in [2.75, 3.05) is 26.1 Å². The highest BCUT2D eigenvalue weighted by Crippen LogP contribution is 2.41. The Morgan fingerprint density at radius 1 is 1.15 bits per heavy atom. The van der Waals surface area contributed by atoms with Crippen LogP contribution in [0.1, 0.15) is 75.5 Å². The van der Waals surface area contributed by atoms with Crippen LogP contribution in [0.25, 0.3) is 33.3 Å². The van der Waals surface area contributed by atoms with Gasteiger partial charge in [-0.25, -0.2) is 13.4 Å². The van der Waals surface area contributed by atoms with E-state index >= 15 is 0 Å². The van der Waals surface area contributed by atoms with Gasteiger partial charge in [0, 0.05) is 73.8 Å². The molecule has 4 aromatic rings. The van der Waals surface area contributed by atoms with Crippen molar-refractivity contribution in [3.05, 3.63) is 47.9 Å². The van der Waals surface area contributed by atoms with Crippen molar-refractivity contribution in [1.29, 1.82) is 0 Å². The molecule has 1 fully saturated rings. The van der Waals surface area contributed by atoms with Gasteiger partial charge in [0.05, 0.1) is 22.5 Å². The molecule has 1 amide bonds. The molecule has 4 aromatic heterocycles. The molecular formula is C31H41N5O3S.